The average Bonchev–Trinajstić information content (AvgIpc) is 2.55. The van der Waals surface area contributed by atoms with Gasteiger partial charge in [-0.25, -0.2) is 0 Å². The summed E-state index contributed by atoms with van der Waals surface area (Å²) in [6, 6.07) is -0.00556. The Balaban J connectivity index is 2.10. The first-order valence-electron chi connectivity index (χ1n) is 4.89. The smallest absolute Gasteiger partial charge is 0.237 e. The van der Waals surface area contributed by atoms with E-state index in [1.165, 1.54) is 0 Å². The number of nitrogens with one attached hydrogen (secondary N) is 2. The fraction of sp³-hybridized carbons (Fsp3) is 0.889. The molecule has 0 unspecified atom stereocenters. The Hall–Kier alpha value is -0.610. The van der Waals surface area contributed by atoms with Crippen molar-refractivity contribution in [1.82, 2.24) is 10.6 Å². The highest BCUT2D eigenvalue weighted by Crippen LogP contribution is 2.04. The Bertz CT molecular complexity index is 165. The van der Waals surface area contributed by atoms with Gasteiger partial charge in [0.1, 0.15) is 0 Å². The normalized spacial score (nSPS) is 24.3. The Kier molecular flexibility index (Phi) is 4.18. The molecule has 0 spiro atoms. The second-order valence-corrected chi connectivity index (χ2v) is 3.58. The van der Waals surface area contributed by atoms with E-state index in [1.807, 2.05) is 0 Å². The van der Waals surface area contributed by atoms with E-state index in [0.717, 1.165) is 19.4 Å². The molecule has 1 heterocycles. The molecule has 0 bridgehead atoms. The molecule has 0 saturated carbocycles. The van der Waals surface area contributed by atoms with Crippen molar-refractivity contribution in [2.75, 3.05) is 13.1 Å². The van der Waals surface area contributed by atoms with Gasteiger partial charge in [0.05, 0.1) is 12.1 Å². The first-order chi connectivity index (χ1) is 6.20. The van der Waals surface area contributed by atoms with Crippen LogP contribution in [-0.4, -0.2) is 36.2 Å². The molecule has 0 aromatic rings. The van der Waals surface area contributed by atoms with E-state index in [-0.39, 0.29) is 18.1 Å². The van der Waals surface area contributed by atoms with E-state index in [2.05, 4.69) is 10.6 Å². The number of amides is 1. The average molecular weight is 186 g/mol. The number of hydrogen-bond acceptors (Lipinski definition) is 3. The number of aliphatic hydroxyl groups is 1. The van der Waals surface area contributed by atoms with Crippen molar-refractivity contribution in [3.8, 4) is 0 Å². The summed E-state index contributed by atoms with van der Waals surface area (Å²) in [5, 5.41) is 14.9. The van der Waals surface area contributed by atoms with Crippen LogP contribution in [0.3, 0.4) is 0 Å². The third-order valence-electron chi connectivity index (χ3n) is 2.24. The van der Waals surface area contributed by atoms with Gasteiger partial charge >= 0.3 is 0 Å². The summed E-state index contributed by atoms with van der Waals surface area (Å²) in [6.45, 7) is 3.23. The summed E-state index contributed by atoms with van der Waals surface area (Å²) in [5.74, 6) is 0.0677. The quantitative estimate of drug-likeness (QED) is 0.561. The predicted octanol–water partition coefficient (Wildman–Crippen LogP) is -0.374. The molecule has 1 saturated heterocycles. The highest BCUT2D eigenvalue weighted by Gasteiger charge is 2.21. The molecule has 4 heteroatoms. The van der Waals surface area contributed by atoms with Crippen LogP contribution in [0.15, 0.2) is 0 Å². The standard InChI is InChI=1S/C9H18N2O2/c1-7(12)4-6-11-9(13)8-3-2-5-10-8/h7-8,10,12H,2-6H2,1H3,(H,11,13)/t7-,8-/m0/s1. The lowest BCUT2D eigenvalue weighted by Gasteiger charge is -2.11. The largest absolute Gasteiger partial charge is 0.393 e. The molecular weight excluding hydrogens is 168 g/mol. The number of aliphatic hydroxyl groups excluding tert-OH is 1. The number of carbonyl (C=O) groups excluding carboxylic acids is 1. The second-order valence-electron chi connectivity index (χ2n) is 3.58. The SMILES string of the molecule is C[C@H](O)CCNC(=O)[C@@H]1CCCN1. The first kappa shape index (κ1) is 10.5. The number of carbonyl (C=O) groups is 1. The van der Waals surface area contributed by atoms with Crippen LogP contribution in [0.25, 0.3) is 0 Å². The summed E-state index contributed by atoms with van der Waals surface area (Å²) in [7, 11) is 0. The zero-order chi connectivity index (χ0) is 9.68. The lowest BCUT2D eigenvalue weighted by Crippen LogP contribution is -2.41. The molecular formula is C9H18N2O2. The van der Waals surface area contributed by atoms with Gasteiger partial charge in [0, 0.05) is 6.54 Å². The van der Waals surface area contributed by atoms with Crippen LogP contribution in [-0.2, 0) is 4.79 Å². The van der Waals surface area contributed by atoms with Gasteiger partial charge < -0.3 is 15.7 Å². The molecule has 1 fully saturated rings. The van der Waals surface area contributed by atoms with Crippen molar-refractivity contribution in [2.45, 2.75) is 38.3 Å². The Morgan fingerprint density at radius 1 is 1.77 bits per heavy atom. The van der Waals surface area contributed by atoms with Gasteiger partial charge in [-0.05, 0) is 32.7 Å². The minimum Gasteiger partial charge on any atom is -0.393 e. The summed E-state index contributed by atoms with van der Waals surface area (Å²) in [6.07, 6.45) is 2.30. The van der Waals surface area contributed by atoms with Crippen molar-refractivity contribution in [3.63, 3.8) is 0 Å². The minimum atomic E-state index is -0.336. The lowest BCUT2D eigenvalue weighted by molar-refractivity contribution is -0.122. The highest BCUT2D eigenvalue weighted by molar-refractivity contribution is 5.81. The lowest BCUT2D eigenvalue weighted by atomic mass is 10.2. The number of hydrogen-bond donors (Lipinski definition) is 3. The molecule has 2 atom stereocenters. The van der Waals surface area contributed by atoms with Crippen LogP contribution >= 0.6 is 0 Å². The summed E-state index contributed by atoms with van der Waals surface area (Å²) in [5.41, 5.74) is 0. The van der Waals surface area contributed by atoms with Crippen LogP contribution in [0, 0.1) is 0 Å². The zero-order valence-corrected chi connectivity index (χ0v) is 8.05. The molecule has 3 N–H and O–H groups in total. The van der Waals surface area contributed by atoms with Crippen molar-refractivity contribution in [3.05, 3.63) is 0 Å². The molecule has 1 amide bonds. The molecule has 13 heavy (non-hydrogen) atoms. The van der Waals surface area contributed by atoms with E-state index in [9.17, 15) is 4.79 Å². The monoisotopic (exact) mass is 186 g/mol. The maximum absolute atomic E-state index is 11.4. The molecule has 1 aliphatic heterocycles. The van der Waals surface area contributed by atoms with Gasteiger partial charge in [-0.1, -0.05) is 0 Å². The van der Waals surface area contributed by atoms with Crippen molar-refractivity contribution in [2.24, 2.45) is 0 Å². The van der Waals surface area contributed by atoms with E-state index < -0.39 is 0 Å². The molecule has 0 aliphatic carbocycles. The van der Waals surface area contributed by atoms with E-state index >= 15 is 0 Å². The molecule has 0 radical (unpaired) electrons. The van der Waals surface area contributed by atoms with Crippen molar-refractivity contribution < 1.29 is 9.90 Å². The van der Waals surface area contributed by atoms with Gasteiger partial charge in [-0.2, -0.15) is 0 Å². The topological polar surface area (TPSA) is 61.4 Å². The molecule has 76 valence electrons. The van der Waals surface area contributed by atoms with Gasteiger partial charge in [0.2, 0.25) is 5.91 Å². The van der Waals surface area contributed by atoms with Gasteiger partial charge in [0.15, 0.2) is 0 Å². The predicted molar refractivity (Wildman–Crippen MR) is 50.3 cm³/mol. The summed E-state index contributed by atoms with van der Waals surface area (Å²) in [4.78, 5) is 11.4. The van der Waals surface area contributed by atoms with Crippen molar-refractivity contribution >= 4 is 5.91 Å². The number of rotatable bonds is 4. The molecule has 1 rings (SSSR count). The zero-order valence-electron chi connectivity index (χ0n) is 8.05. The fourth-order valence-electron chi connectivity index (χ4n) is 1.44. The maximum Gasteiger partial charge on any atom is 0.237 e. The minimum absolute atomic E-state index is 0.00556. The van der Waals surface area contributed by atoms with Crippen LogP contribution in [0.2, 0.25) is 0 Å². The molecule has 4 nitrogen and oxygen atoms in total. The Morgan fingerprint density at radius 2 is 2.54 bits per heavy atom. The van der Waals surface area contributed by atoms with E-state index in [4.69, 9.17) is 5.11 Å². The Labute approximate surface area is 78.7 Å². The summed E-state index contributed by atoms with van der Waals surface area (Å²) < 4.78 is 0. The second kappa shape index (κ2) is 5.19. The third-order valence-corrected chi connectivity index (χ3v) is 2.24. The van der Waals surface area contributed by atoms with Gasteiger partial charge in [-0.15, -0.1) is 0 Å². The van der Waals surface area contributed by atoms with Crippen LogP contribution in [0.5, 0.6) is 0 Å². The van der Waals surface area contributed by atoms with Crippen LogP contribution in [0.1, 0.15) is 26.2 Å². The fourth-order valence-corrected chi connectivity index (χ4v) is 1.44. The van der Waals surface area contributed by atoms with Crippen molar-refractivity contribution in [1.29, 1.82) is 0 Å². The maximum atomic E-state index is 11.4. The summed E-state index contributed by atoms with van der Waals surface area (Å²) >= 11 is 0. The third kappa shape index (κ3) is 3.74. The molecule has 1 aliphatic rings. The van der Waals surface area contributed by atoms with E-state index in [1.54, 1.807) is 6.92 Å². The van der Waals surface area contributed by atoms with E-state index in [0.29, 0.717) is 13.0 Å². The first-order valence-corrected chi connectivity index (χ1v) is 4.89. The molecule has 0 aromatic carbocycles. The van der Waals surface area contributed by atoms with Crippen LogP contribution in [0.4, 0.5) is 0 Å². The van der Waals surface area contributed by atoms with Crippen LogP contribution < -0.4 is 10.6 Å². The van der Waals surface area contributed by atoms with Gasteiger partial charge in [0.25, 0.3) is 0 Å². The van der Waals surface area contributed by atoms with Gasteiger partial charge in [-0.3, -0.25) is 4.79 Å². The molecule has 0 aromatic heterocycles. The Morgan fingerprint density at radius 3 is 3.08 bits per heavy atom. The highest BCUT2D eigenvalue weighted by atomic mass is 16.3.